The Morgan fingerprint density at radius 3 is 2.72 bits per heavy atom. The number of carboxylic acid groups (broad SMARTS) is 1. The first-order chi connectivity index (χ1) is 15.4. The Balaban J connectivity index is 1.65. The van der Waals surface area contributed by atoms with Crippen molar-refractivity contribution in [3.63, 3.8) is 0 Å². The second kappa shape index (κ2) is 11.5. The molecule has 1 aromatic carbocycles. The molecule has 0 aromatic heterocycles. The molecule has 0 spiro atoms. The Bertz CT molecular complexity index is 778. The highest BCUT2D eigenvalue weighted by Crippen LogP contribution is 2.48. The maximum atomic E-state index is 11.7. The number of benzene rings is 1. The van der Waals surface area contributed by atoms with Crippen molar-refractivity contribution in [2.45, 2.75) is 76.9 Å². The fourth-order valence-electron chi connectivity index (χ4n) is 5.53. The number of aliphatic hydroxyl groups excluding tert-OH is 1. The minimum absolute atomic E-state index is 0.159. The average molecular weight is 449 g/mol. The summed E-state index contributed by atoms with van der Waals surface area (Å²) in [6.07, 6.45) is 6.72. The van der Waals surface area contributed by atoms with Gasteiger partial charge in [-0.1, -0.05) is 31.9 Å². The Morgan fingerprint density at radius 1 is 1.19 bits per heavy atom. The highest BCUT2D eigenvalue weighted by Gasteiger charge is 2.45. The van der Waals surface area contributed by atoms with Crippen molar-refractivity contribution in [2.75, 3.05) is 13.7 Å². The van der Waals surface area contributed by atoms with E-state index < -0.39 is 12.1 Å². The molecule has 2 aliphatic carbocycles. The molecule has 178 valence electrons. The lowest BCUT2D eigenvalue weighted by Crippen LogP contribution is -2.29. The lowest BCUT2D eigenvalue weighted by Gasteiger charge is -2.32. The highest BCUT2D eigenvalue weighted by atomic mass is 16.7. The van der Waals surface area contributed by atoms with Crippen LogP contribution in [-0.4, -0.2) is 48.3 Å². The monoisotopic (exact) mass is 448 g/mol. The zero-order valence-electron chi connectivity index (χ0n) is 19.1. The molecular formula is C25H36O7. The van der Waals surface area contributed by atoms with Gasteiger partial charge < -0.3 is 24.4 Å². The molecule has 0 heterocycles. The standard InChI is InChI=1S/C25H36O7/c1-3-4-5-8-18(32-25(29)30-2)10-11-19-20-12-16-7-6-9-23(31-15-24(27)28)21(16)13-17(20)14-22(19)26/h6-7,9,17-20,22,26H,3-5,8,10-15H2,1-2H3,(H,27,28)/t17-,18-,19+,20-,22+/m0/s1. The number of ether oxygens (including phenoxy) is 3. The first-order valence-corrected chi connectivity index (χ1v) is 11.8. The van der Waals surface area contributed by atoms with E-state index in [1.165, 1.54) is 12.7 Å². The molecule has 0 saturated heterocycles. The molecule has 1 aromatic rings. The predicted octanol–water partition coefficient (Wildman–Crippen LogP) is 4.37. The van der Waals surface area contributed by atoms with Gasteiger partial charge in [-0.05, 0) is 79.9 Å². The van der Waals surface area contributed by atoms with Crippen molar-refractivity contribution in [3.05, 3.63) is 29.3 Å². The average Bonchev–Trinajstić information content (AvgIpc) is 3.08. The van der Waals surface area contributed by atoms with Crippen LogP contribution in [-0.2, 0) is 27.1 Å². The molecule has 7 heteroatoms. The van der Waals surface area contributed by atoms with E-state index in [1.54, 1.807) is 0 Å². The van der Waals surface area contributed by atoms with Crippen molar-refractivity contribution >= 4 is 12.1 Å². The van der Waals surface area contributed by atoms with Gasteiger partial charge in [0, 0.05) is 0 Å². The van der Waals surface area contributed by atoms with Crippen molar-refractivity contribution in [3.8, 4) is 5.75 Å². The number of aliphatic hydroxyl groups is 1. The number of methoxy groups -OCH3 is 1. The van der Waals surface area contributed by atoms with Gasteiger partial charge in [-0.3, -0.25) is 0 Å². The summed E-state index contributed by atoms with van der Waals surface area (Å²) in [6.45, 7) is 1.79. The number of hydrogen-bond acceptors (Lipinski definition) is 6. The van der Waals surface area contributed by atoms with Gasteiger partial charge in [0.15, 0.2) is 6.61 Å². The van der Waals surface area contributed by atoms with E-state index in [4.69, 9.17) is 19.3 Å². The molecule has 2 N–H and O–H groups in total. The third-order valence-electron chi connectivity index (χ3n) is 7.08. The number of unbranched alkanes of at least 4 members (excludes halogenated alkanes) is 2. The molecule has 1 fully saturated rings. The normalized spacial score (nSPS) is 24.8. The van der Waals surface area contributed by atoms with Gasteiger partial charge in [-0.25, -0.2) is 9.59 Å². The number of hydrogen-bond donors (Lipinski definition) is 2. The number of aliphatic carboxylic acids is 1. The van der Waals surface area contributed by atoms with Crippen LogP contribution >= 0.6 is 0 Å². The maximum absolute atomic E-state index is 11.7. The zero-order valence-corrected chi connectivity index (χ0v) is 19.1. The molecule has 0 bridgehead atoms. The van der Waals surface area contributed by atoms with Gasteiger partial charge >= 0.3 is 12.1 Å². The topological polar surface area (TPSA) is 102 Å². The zero-order chi connectivity index (χ0) is 23.1. The number of fused-ring (bicyclic) bond motifs is 2. The van der Waals surface area contributed by atoms with E-state index in [2.05, 4.69) is 13.0 Å². The number of carbonyl (C=O) groups is 2. The maximum Gasteiger partial charge on any atom is 0.508 e. The van der Waals surface area contributed by atoms with E-state index in [0.717, 1.165) is 63.4 Å². The molecule has 5 atom stereocenters. The summed E-state index contributed by atoms with van der Waals surface area (Å²) in [5.41, 5.74) is 2.26. The SMILES string of the molecule is CCCCC[C@@H](CC[C@@H]1[C@H]2Cc3cccc(OCC(=O)O)c3C[C@H]2C[C@H]1O)OC(=O)OC. The minimum Gasteiger partial charge on any atom is -0.482 e. The molecule has 0 amide bonds. The van der Waals surface area contributed by atoms with Crippen LogP contribution in [0.3, 0.4) is 0 Å². The third-order valence-corrected chi connectivity index (χ3v) is 7.08. The van der Waals surface area contributed by atoms with Crippen molar-refractivity contribution in [2.24, 2.45) is 17.8 Å². The molecule has 7 nitrogen and oxygen atoms in total. The second-order valence-electron chi connectivity index (χ2n) is 9.14. The van der Waals surface area contributed by atoms with Crippen LogP contribution in [0, 0.1) is 17.8 Å². The number of carboxylic acids is 1. The summed E-state index contributed by atoms with van der Waals surface area (Å²) >= 11 is 0. The van der Waals surface area contributed by atoms with Crippen molar-refractivity contribution in [1.82, 2.24) is 0 Å². The first-order valence-electron chi connectivity index (χ1n) is 11.8. The van der Waals surface area contributed by atoms with Crippen LogP contribution in [0.15, 0.2) is 18.2 Å². The first kappa shape index (κ1) is 24.4. The van der Waals surface area contributed by atoms with E-state index in [-0.39, 0.29) is 24.7 Å². The van der Waals surface area contributed by atoms with E-state index in [9.17, 15) is 14.7 Å². The van der Waals surface area contributed by atoms with Gasteiger partial charge in [0.25, 0.3) is 0 Å². The Hall–Kier alpha value is -2.28. The van der Waals surface area contributed by atoms with Crippen LogP contribution in [0.25, 0.3) is 0 Å². The van der Waals surface area contributed by atoms with Gasteiger partial charge in [0.05, 0.1) is 13.2 Å². The Labute approximate surface area is 190 Å². The summed E-state index contributed by atoms with van der Waals surface area (Å²) in [6, 6.07) is 5.82. The van der Waals surface area contributed by atoms with E-state index in [0.29, 0.717) is 17.6 Å². The predicted molar refractivity (Wildman–Crippen MR) is 119 cm³/mol. The van der Waals surface area contributed by atoms with Crippen LogP contribution in [0.4, 0.5) is 4.79 Å². The van der Waals surface area contributed by atoms with Crippen LogP contribution in [0.5, 0.6) is 5.75 Å². The fraction of sp³-hybridized carbons (Fsp3) is 0.680. The highest BCUT2D eigenvalue weighted by molar-refractivity contribution is 5.68. The molecular weight excluding hydrogens is 412 g/mol. The molecule has 0 unspecified atom stereocenters. The molecule has 32 heavy (non-hydrogen) atoms. The lowest BCUT2D eigenvalue weighted by molar-refractivity contribution is -0.139. The largest absolute Gasteiger partial charge is 0.508 e. The Morgan fingerprint density at radius 2 is 2.00 bits per heavy atom. The molecule has 1 saturated carbocycles. The Kier molecular flexibility index (Phi) is 8.79. The van der Waals surface area contributed by atoms with Crippen LogP contribution in [0.1, 0.15) is 63.0 Å². The van der Waals surface area contributed by atoms with Crippen molar-refractivity contribution in [1.29, 1.82) is 0 Å². The van der Waals surface area contributed by atoms with E-state index >= 15 is 0 Å². The third kappa shape index (κ3) is 6.15. The van der Waals surface area contributed by atoms with Gasteiger partial charge in [-0.2, -0.15) is 0 Å². The summed E-state index contributed by atoms with van der Waals surface area (Å²) in [4.78, 5) is 22.6. The number of rotatable bonds is 11. The number of carbonyl (C=O) groups excluding carboxylic acids is 1. The summed E-state index contributed by atoms with van der Waals surface area (Å²) < 4.78 is 15.7. The van der Waals surface area contributed by atoms with Crippen LogP contribution in [0.2, 0.25) is 0 Å². The van der Waals surface area contributed by atoms with Crippen LogP contribution < -0.4 is 4.74 Å². The summed E-state index contributed by atoms with van der Waals surface area (Å²) in [7, 11) is 1.32. The lowest BCUT2D eigenvalue weighted by atomic mass is 9.73. The van der Waals surface area contributed by atoms with Gasteiger partial charge in [0.1, 0.15) is 11.9 Å². The molecule has 0 radical (unpaired) electrons. The van der Waals surface area contributed by atoms with E-state index in [1.807, 2.05) is 12.1 Å². The summed E-state index contributed by atoms with van der Waals surface area (Å²) in [5.74, 6) is 0.518. The summed E-state index contributed by atoms with van der Waals surface area (Å²) in [5, 5.41) is 19.8. The second-order valence-corrected chi connectivity index (χ2v) is 9.14. The van der Waals surface area contributed by atoms with Gasteiger partial charge in [-0.15, -0.1) is 0 Å². The molecule has 2 aliphatic rings. The smallest absolute Gasteiger partial charge is 0.482 e. The van der Waals surface area contributed by atoms with Gasteiger partial charge in [0.2, 0.25) is 0 Å². The quantitative estimate of drug-likeness (QED) is 0.383. The van der Waals surface area contributed by atoms with Crippen molar-refractivity contribution < 1.29 is 34.0 Å². The molecule has 0 aliphatic heterocycles. The fourth-order valence-corrected chi connectivity index (χ4v) is 5.53. The minimum atomic E-state index is -0.990. The molecule has 3 rings (SSSR count).